The number of aromatic amines is 1. The molecule has 2 heterocycles. The molecular weight excluding hydrogens is 404 g/mol. The number of halogens is 2. The molecule has 2 N–H and O–H groups in total. The lowest BCUT2D eigenvalue weighted by Crippen LogP contribution is -2.08. The molecule has 0 aliphatic carbocycles. The van der Waals surface area contributed by atoms with Crippen LogP contribution in [0.25, 0.3) is 22.2 Å². The molecule has 0 bridgehead atoms. The van der Waals surface area contributed by atoms with Crippen molar-refractivity contribution in [3.05, 3.63) is 77.6 Å². The summed E-state index contributed by atoms with van der Waals surface area (Å²) in [5.41, 5.74) is 1.80. The van der Waals surface area contributed by atoms with Crippen LogP contribution in [0.3, 0.4) is 0 Å². The number of hydrogen-bond acceptors (Lipinski definition) is 4. The molecule has 31 heavy (non-hydrogen) atoms. The van der Waals surface area contributed by atoms with Crippen LogP contribution in [0.2, 0.25) is 0 Å². The van der Waals surface area contributed by atoms with E-state index in [1.165, 1.54) is 20.2 Å². The standard InChI is InChI=1S/C23H17F2N3O3/c1-12(29)28-15-5-3-4-13(8-15)14-9-16-17(11-27-23(16)26-10-14)22(30)20-18(24)6-7-19(31-2)21(20)25/h3-11H,1-2H3,(H,26,27)(H,28,29). The Balaban J connectivity index is 1.80. The van der Waals surface area contributed by atoms with E-state index in [9.17, 15) is 18.4 Å². The molecular formula is C23H17F2N3O3. The van der Waals surface area contributed by atoms with Gasteiger partial charge in [-0.2, -0.15) is 0 Å². The fourth-order valence-corrected chi connectivity index (χ4v) is 3.36. The number of benzene rings is 2. The number of carbonyl (C=O) groups excluding carboxylic acids is 2. The molecule has 0 radical (unpaired) electrons. The smallest absolute Gasteiger partial charge is 0.221 e. The summed E-state index contributed by atoms with van der Waals surface area (Å²) in [7, 11) is 1.24. The van der Waals surface area contributed by atoms with Gasteiger partial charge in [0.15, 0.2) is 11.6 Å². The number of nitrogens with zero attached hydrogens (tertiary/aromatic N) is 1. The summed E-state index contributed by atoms with van der Waals surface area (Å²) >= 11 is 0. The largest absolute Gasteiger partial charge is 0.494 e. The van der Waals surface area contributed by atoms with Crippen LogP contribution >= 0.6 is 0 Å². The van der Waals surface area contributed by atoms with Gasteiger partial charge in [-0.1, -0.05) is 12.1 Å². The first kappa shape index (κ1) is 20.2. The third-order valence-electron chi connectivity index (χ3n) is 4.79. The highest BCUT2D eigenvalue weighted by molar-refractivity contribution is 6.16. The highest BCUT2D eigenvalue weighted by Gasteiger charge is 2.25. The Kier molecular flexibility index (Phi) is 5.21. The van der Waals surface area contributed by atoms with Crippen LogP contribution in [0.1, 0.15) is 22.8 Å². The molecule has 0 aliphatic rings. The maximum atomic E-state index is 14.6. The van der Waals surface area contributed by atoms with E-state index in [0.29, 0.717) is 22.3 Å². The van der Waals surface area contributed by atoms with Crippen LogP contribution in [-0.4, -0.2) is 28.8 Å². The maximum Gasteiger partial charge on any atom is 0.221 e. The quantitative estimate of drug-likeness (QED) is 0.457. The SMILES string of the molecule is COc1ccc(F)c(C(=O)c2c[nH]c3ncc(-c4cccc(NC(C)=O)c4)cc23)c1F. The van der Waals surface area contributed by atoms with Gasteiger partial charge in [0.05, 0.1) is 12.7 Å². The minimum absolute atomic E-state index is 0.0772. The molecule has 2 aromatic carbocycles. The van der Waals surface area contributed by atoms with E-state index in [1.54, 1.807) is 30.5 Å². The zero-order chi connectivity index (χ0) is 22.1. The summed E-state index contributed by atoms with van der Waals surface area (Å²) in [4.78, 5) is 31.5. The van der Waals surface area contributed by atoms with Crippen molar-refractivity contribution in [2.24, 2.45) is 0 Å². The molecule has 156 valence electrons. The summed E-state index contributed by atoms with van der Waals surface area (Å²) in [6, 6.07) is 10.9. The van der Waals surface area contributed by atoms with Gasteiger partial charge >= 0.3 is 0 Å². The lowest BCUT2D eigenvalue weighted by molar-refractivity contribution is -0.114. The molecule has 0 unspecified atom stereocenters. The lowest BCUT2D eigenvalue weighted by atomic mass is 10.00. The Morgan fingerprint density at radius 3 is 2.65 bits per heavy atom. The molecule has 0 fully saturated rings. The zero-order valence-electron chi connectivity index (χ0n) is 16.6. The molecule has 0 aliphatic heterocycles. The predicted octanol–water partition coefficient (Wildman–Crippen LogP) is 4.71. The first-order valence-corrected chi connectivity index (χ1v) is 9.31. The molecule has 0 spiro atoms. The second-order valence-electron chi connectivity index (χ2n) is 6.85. The number of methoxy groups -OCH3 is 1. The molecule has 8 heteroatoms. The lowest BCUT2D eigenvalue weighted by Gasteiger charge is -2.08. The molecule has 0 saturated heterocycles. The Morgan fingerprint density at radius 2 is 1.90 bits per heavy atom. The van der Waals surface area contributed by atoms with E-state index < -0.39 is 23.0 Å². The third kappa shape index (κ3) is 3.75. The number of amides is 1. The van der Waals surface area contributed by atoms with Crippen molar-refractivity contribution in [1.29, 1.82) is 0 Å². The third-order valence-corrected chi connectivity index (χ3v) is 4.79. The van der Waals surface area contributed by atoms with E-state index in [0.717, 1.165) is 17.7 Å². The van der Waals surface area contributed by atoms with E-state index >= 15 is 0 Å². The maximum absolute atomic E-state index is 14.6. The van der Waals surface area contributed by atoms with Gasteiger partial charge in [-0.05, 0) is 35.9 Å². The van der Waals surface area contributed by atoms with Crippen LogP contribution in [0.5, 0.6) is 5.75 Å². The molecule has 1 amide bonds. The number of aromatic nitrogens is 2. The van der Waals surface area contributed by atoms with Gasteiger partial charge in [-0.3, -0.25) is 9.59 Å². The van der Waals surface area contributed by atoms with Gasteiger partial charge in [-0.25, -0.2) is 13.8 Å². The molecule has 4 rings (SSSR count). The van der Waals surface area contributed by atoms with E-state index in [4.69, 9.17) is 4.74 Å². The Hall–Kier alpha value is -4.07. The van der Waals surface area contributed by atoms with Crippen LogP contribution in [0.4, 0.5) is 14.5 Å². The summed E-state index contributed by atoms with van der Waals surface area (Å²) < 4.78 is 33.8. The van der Waals surface area contributed by atoms with Crippen LogP contribution in [0, 0.1) is 11.6 Å². The number of ketones is 1. The second kappa shape index (κ2) is 7.98. The number of H-pyrrole nitrogens is 1. The van der Waals surface area contributed by atoms with Gasteiger partial charge in [0.2, 0.25) is 11.7 Å². The summed E-state index contributed by atoms with van der Waals surface area (Å²) in [5.74, 6) is -3.30. The number of carbonyl (C=O) groups is 2. The monoisotopic (exact) mass is 421 g/mol. The van der Waals surface area contributed by atoms with E-state index in [1.807, 2.05) is 6.07 Å². The first-order chi connectivity index (χ1) is 14.9. The van der Waals surface area contributed by atoms with Crippen molar-refractivity contribution in [2.75, 3.05) is 12.4 Å². The number of nitrogens with one attached hydrogen (secondary N) is 2. The van der Waals surface area contributed by atoms with Crippen molar-refractivity contribution in [1.82, 2.24) is 9.97 Å². The zero-order valence-corrected chi connectivity index (χ0v) is 16.6. The van der Waals surface area contributed by atoms with Crippen LogP contribution in [-0.2, 0) is 4.79 Å². The van der Waals surface area contributed by atoms with Crippen molar-refractivity contribution < 1.29 is 23.1 Å². The number of fused-ring (bicyclic) bond motifs is 1. The number of pyridine rings is 1. The van der Waals surface area contributed by atoms with Crippen molar-refractivity contribution in [2.45, 2.75) is 6.92 Å². The minimum atomic E-state index is -1.06. The number of anilines is 1. The number of hydrogen-bond donors (Lipinski definition) is 2. The number of ether oxygens (including phenoxy) is 1. The van der Waals surface area contributed by atoms with Crippen molar-refractivity contribution in [3.8, 4) is 16.9 Å². The topological polar surface area (TPSA) is 84.1 Å². The Labute approximate surface area is 175 Å². The molecule has 0 saturated carbocycles. The molecule has 6 nitrogen and oxygen atoms in total. The van der Waals surface area contributed by atoms with Gasteiger partial charge < -0.3 is 15.0 Å². The van der Waals surface area contributed by atoms with Gasteiger partial charge in [0.25, 0.3) is 0 Å². The Morgan fingerprint density at radius 1 is 1.10 bits per heavy atom. The van der Waals surface area contributed by atoms with Crippen LogP contribution < -0.4 is 10.1 Å². The molecule has 0 atom stereocenters. The average Bonchev–Trinajstić information content (AvgIpc) is 3.17. The van der Waals surface area contributed by atoms with Crippen molar-refractivity contribution >= 4 is 28.4 Å². The summed E-state index contributed by atoms with van der Waals surface area (Å²) in [6.45, 7) is 1.41. The normalized spacial score (nSPS) is 10.8. The van der Waals surface area contributed by atoms with Crippen LogP contribution in [0.15, 0.2) is 54.9 Å². The first-order valence-electron chi connectivity index (χ1n) is 9.31. The van der Waals surface area contributed by atoms with E-state index in [-0.39, 0.29) is 17.2 Å². The van der Waals surface area contributed by atoms with Gasteiger partial charge in [-0.15, -0.1) is 0 Å². The Bertz CT molecular complexity index is 1330. The van der Waals surface area contributed by atoms with Gasteiger partial charge in [0.1, 0.15) is 11.5 Å². The fourth-order valence-electron chi connectivity index (χ4n) is 3.36. The summed E-state index contributed by atoms with van der Waals surface area (Å²) in [5, 5.41) is 3.12. The van der Waals surface area contributed by atoms with Gasteiger partial charge in [0, 0.05) is 41.5 Å². The highest BCUT2D eigenvalue weighted by atomic mass is 19.1. The predicted molar refractivity (Wildman–Crippen MR) is 112 cm³/mol. The minimum Gasteiger partial charge on any atom is -0.494 e. The second-order valence-corrected chi connectivity index (χ2v) is 6.85. The summed E-state index contributed by atoms with van der Waals surface area (Å²) in [6.07, 6.45) is 2.97. The van der Waals surface area contributed by atoms with Crippen molar-refractivity contribution in [3.63, 3.8) is 0 Å². The molecule has 2 aromatic heterocycles. The fraction of sp³-hybridized carbons (Fsp3) is 0.0870. The molecule has 4 aromatic rings. The van der Waals surface area contributed by atoms with E-state index in [2.05, 4.69) is 15.3 Å². The highest BCUT2D eigenvalue weighted by Crippen LogP contribution is 2.30. The number of rotatable bonds is 5. The average molecular weight is 421 g/mol.